The van der Waals surface area contributed by atoms with E-state index in [0.29, 0.717) is 10.3 Å². The van der Waals surface area contributed by atoms with E-state index in [1.54, 1.807) is 10.6 Å². The zero-order valence-electron chi connectivity index (χ0n) is 25.4. The number of benzene rings is 2. The van der Waals surface area contributed by atoms with E-state index in [0.717, 1.165) is 17.2 Å². The Hall–Kier alpha value is -0.181. The van der Waals surface area contributed by atoms with Crippen LogP contribution in [0.25, 0.3) is 0 Å². The van der Waals surface area contributed by atoms with Gasteiger partial charge < -0.3 is 14.9 Å². The molecule has 3 atom stereocenters. The van der Waals surface area contributed by atoms with E-state index >= 15 is 0 Å². The summed E-state index contributed by atoms with van der Waals surface area (Å²) in [5.41, 5.74) is 1.61. The van der Waals surface area contributed by atoms with Gasteiger partial charge in [-0.25, -0.2) is 0 Å². The average Bonchev–Trinajstić information content (AvgIpc) is 3.49. The van der Waals surface area contributed by atoms with Crippen LogP contribution in [0.5, 0.6) is 0 Å². The zero-order valence-corrected chi connectivity index (χ0v) is 28.3. The van der Waals surface area contributed by atoms with Gasteiger partial charge in [-0.05, 0) is 58.9 Å². The van der Waals surface area contributed by atoms with Crippen LogP contribution in [0.2, 0.25) is 0 Å². The minimum absolute atomic E-state index is 0. The van der Waals surface area contributed by atoms with Crippen LogP contribution in [0.1, 0.15) is 99.8 Å². The Morgan fingerprint density at radius 1 is 0.622 bits per heavy atom. The molecule has 2 aliphatic rings. The van der Waals surface area contributed by atoms with Gasteiger partial charge in [-0.2, -0.15) is 0 Å². The van der Waals surface area contributed by atoms with E-state index in [4.69, 9.17) is 0 Å². The summed E-state index contributed by atoms with van der Waals surface area (Å²) in [7, 11) is -0.404. The first-order chi connectivity index (χ1) is 16.1. The van der Waals surface area contributed by atoms with Gasteiger partial charge in [0.05, 0.1) is 0 Å². The molecule has 0 aromatic heterocycles. The first-order valence-electron chi connectivity index (χ1n) is 13.8. The normalized spacial score (nSPS) is 20.2. The van der Waals surface area contributed by atoms with E-state index in [9.17, 15) is 0 Å². The van der Waals surface area contributed by atoms with Crippen molar-refractivity contribution in [2.45, 2.75) is 121 Å². The Morgan fingerprint density at radius 2 is 1.00 bits per heavy atom. The summed E-state index contributed by atoms with van der Waals surface area (Å²) in [5.74, 6) is 0.839. The summed E-state index contributed by atoms with van der Waals surface area (Å²) in [5, 5.41) is 3.91. The SMILES string of the molecule is C1CCCC1.C[C@H](C1CCCC1P(c1ccccc1)c1ccccc1)P(C(C)(C)C)C(C)(C)C.[CH3-].[CH3-].[Fe+2]. The molecule has 0 heterocycles. The monoisotopic (exact) mass is 582 g/mol. The molecule has 3 heteroatoms. The minimum Gasteiger partial charge on any atom is -0.358 e. The molecule has 2 fully saturated rings. The van der Waals surface area contributed by atoms with Crippen LogP contribution in [0.15, 0.2) is 60.7 Å². The summed E-state index contributed by atoms with van der Waals surface area (Å²) in [6, 6.07) is 22.8. The quantitative estimate of drug-likeness (QED) is 0.187. The number of hydrogen-bond donors (Lipinski definition) is 0. The van der Waals surface area contributed by atoms with Crippen molar-refractivity contribution in [3.05, 3.63) is 75.5 Å². The third-order valence-corrected chi connectivity index (χ3v) is 14.8. The predicted molar refractivity (Wildman–Crippen MR) is 172 cm³/mol. The predicted octanol–water partition coefficient (Wildman–Crippen LogP) is 10.6. The maximum Gasteiger partial charge on any atom is 2.00 e. The maximum absolute atomic E-state index is 2.61. The fraction of sp³-hybridized carbons (Fsp3) is 0.588. The van der Waals surface area contributed by atoms with Crippen LogP contribution in [-0.4, -0.2) is 21.6 Å². The van der Waals surface area contributed by atoms with Crippen LogP contribution >= 0.6 is 15.8 Å². The molecule has 37 heavy (non-hydrogen) atoms. The van der Waals surface area contributed by atoms with Gasteiger partial charge in [0.15, 0.2) is 0 Å². The molecule has 2 unspecified atom stereocenters. The van der Waals surface area contributed by atoms with E-state index < -0.39 is 0 Å². The topological polar surface area (TPSA) is 0 Å². The van der Waals surface area contributed by atoms with Crippen molar-refractivity contribution < 1.29 is 17.1 Å². The molecule has 0 nitrogen and oxygen atoms in total. The Bertz CT molecular complexity index is 773. The van der Waals surface area contributed by atoms with Gasteiger partial charge in [0, 0.05) is 0 Å². The standard InChI is InChI=1S/C27H40P2.C5H10.2CH3.Fe/c1-21(29(26(2,3)4)27(5,6)7)24-19-14-20-25(24)28(22-15-10-8-11-16-22)23-17-12-9-13-18-23;1-2-4-5-3-1;;;/h8-13,15-18,21,24-25H,14,19-20H2,1-7H3;1-5H2;2*1H3;/q;;2*-1;+2/t21-,24?,25?;;;;/m1..../s1. The second kappa shape index (κ2) is 16.8. The van der Waals surface area contributed by atoms with Crippen molar-refractivity contribution in [1.82, 2.24) is 0 Å². The molecule has 0 spiro atoms. The van der Waals surface area contributed by atoms with E-state index in [1.807, 2.05) is 0 Å². The molecular formula is C34H56FeP2. The van der Waals surface area contributed by atoms with Crippen molar-refractivity contribution in [3.8, 4) is 0 Å². The van der Waals surface area contributed by atoms with Gasteiger partial charge in [0.2, 0.25) is 0 Å². The zero-order chi connectivity index (χ0) is 24.8. The van der Waals surface area contributed by atoms with Gasteiger partial charge in [0.1, 0.15) is 0 Å². The number of rotatable bonds is 5. The van der Waals surface area contributed by atoms with Crippen LogP contribution in [0, 0.1) is 20.8 Å². The molecule has 0 radical (unpaired) electrons. The van der Waals surface area contributed by atoms with Crippen LogP contribution in [0.4, 0.5) is 0 Å². The molecule has 2 aliphatic carbocycles. The smallest absolute Gasteiger partial charge is 0.358 e. The van der Waals surface area contributed by atoms with E-state index in [-0.39, 0.29) is 47.8 Å². The van der Waals surface area contributed by atoms with E-state index in [1.165, 1.54) is 51.4 Å². The molecule has 0 N–H and O–H groups in total. The molecule has 0 aliphatic heterocycles. The maximum atomic E-state index is 2.61. The summed E-state index contributed by atoms with van der Waals surface area (Å²) in [6.07, 6.45) is 11.7. The average molecular weight is 583 g/mol. The van der Waals surface area contributed by atoms with Crippen molar-refractivity contribution in [3.63, 3.8) is 0 Å². The molecule has 2 saturated carbocycles. The molecule has 0 amide bonds. The van der Waals surface area contributed by atoms with E-state index in [2.05, 4.69) is 109 Å². The number of hydrogen-bond acceptors (Lipinski definition) is 0. The molecule has 0 bridgehead atoms. The van der Waals surface area contributed by atoms with Crippen LogP contribution in [-0.2, 0) is 17.1 Å². The summed E-state index contributed by atoms with van der Waals surface area (Å²) in [4.78, 5) is 0. The van der Waals surface area contributed by atoms with Crippen molar-refractivity contribution in [2.24, 2.45) is 5.92 Å². The summed E-state index contributed by atoms with van der Waals surface area (Å²) in [6.45, 7) is 17.5. The molecule has 0 saturated heterocycles. The third-order valence-electron chi connectivity index (χ3n) is 7.65. The van der Waals surface area contributed by atoms with Crippen LogP contribution in [0.3, 0.4) is 0 Å². The molecule has 210 valence electrons. The fourth-order valence-corrected chi connectivity index (χ4v) is 15.5. The van der Waals surface area contributed by atoms with Gasteiger partial charge in [-0.15, -0.1) is 0 Å². The molecular weight excluding hydrogens is 526 g/mol. The Labute approximate surface area is 245 Å². The van der Waals surface area contributed by atoms with Gasteiger partial charge in [-0.1, -0.05) is 156 Å². The second-order valence-corrected chi connectivity index (χ2v) is 19.1. The fourth-order valence-electron chi connectivity index (χ4n) is 6.87. The first-order valence-corrected chi connectivity index (χ1v) is 16.6. The van der Waals surface area contributed by atoms with Crippen molar-refractivity contribution in [2.75, 3.05) is 0 Å². The molecule has 2 aromatic carbocycles. The third kappa shape index (κ3) is 10.4. The Balaban J connectivity index is 0.00000145. The van der Waals surface area contributed by atoms with Gasteiger partial charge >= 0.3 is 17.1 Å². The van der Waals surface area contributed by atoms with Gasteiger partial charge in [-0.3, -0.25) is 0 Å². The second-order valence-electron chi connectivity index (χ2n) is 12.4. The molecule has 2 aromatic rings. The molecule has 4 rings (SSSR count). The van der Waals surface area contributed by atoms with Crippen LogP contribution < -0.4 is 10.6 Å². The summed E-state index contributed by atoms with van der Waals surface area (Å²) >= 11 is 0. The first kappa shape index (κ1) is 36.8. The summed E-state index contributed by atoms with van der Waals surface area (Å²) < 4.78 is 0. The van der Waals surface area contributed by atoms with Gasteiger partial charge in [0.25, 0.3) is 0 Å². The minimum atomic E-state index is -0.310. The largest absolute Gasteiger partial charge is 2.00 e. The Kier molecular flexibility index (Phi) is 16.7. The van der Waals surface area contributed by atoms with Crippen molar-refractivity contribution >= 4 is 26.5 Å². The Morgan fingerprint density at radius 3 is 1.35 bits per heavy atom. The van der Waals surface area contributed by atoms with Crippen molar-refractivity contribution in [1.29, 1.82) is 0 Å².